The molecule has 0 radical (unpaired) electrons. The Bertz CT molecular complexity index is 452. The molecule has 1 amide bonds. The zero-order chi connectivity index (χ0) is 13.2. The average Bonchev–Trinajstić information content (AvgIpc) is 3.00. The molecular weight excluding hydrogens is 240 g/mol. The molecule has 1 saturated heterocycles. The zero-order valence-corrected chi connectivity index (χ0v) is 11.0. The summed E-state index contributed by atoms with van der Waals surface area (Å²) in [6.45, 7) is 0.613. The van der Waals surface area contributed by atoms with Crippen LogP contribution < -0.4 is 15.4 Å². The van der Waals surface area contributed by atoms with Crippen LogP contribution in [0.2, 0.25) is 0 Å². The fourth-order valence-corrected chi connectivity index (χ4v) is 2.89. The SMILES string of the molecule is NC1CC(=O)N(c2ccc(OC3CCCC3)cc2)C1. The number of carbonyl (C=O) groups excluding carboxylic acids is 1. The lowest BCUT2D eigenvalue weighted by Gasteiger charge is -2.17. The van der Waals surface area contributed by atoms with Crippen molar-refractivity contribution >= 4 is 11.6 Å². The van der Waals surface area contributed by atoms with Crippen LogP contribution in [0.25, 0.3) is 0 Å². The highest BCUT2D eigenvalue weighted by molar-refractivity contribution is 5.96. The monoisotopic (exact) mass is 260 g/mol. The molecular formula is C15H20N2O2. The van der Waals surface area contributed by atoms with Crippen molar-refractivity contribution in [1.82, 2.24) is 0 Å². The lowest BCUT2D eigenvalue weighted by molar-refractivity contribution is -0.117. The van der Waals surface area contributed by atoms with E-state index >= 15 is 0 Å². The standard InChI is InChI=1S/C15H20N2O2/c16-11-9-15(18)17(10-11)12-5-7-14(8-6-12)19-13-3-1-2-4-13/h5-8,11,13H,1-4,9-10,16H2. The third-order valence-electron chi connectivity index (χ3n) is 3.91. The van der Waals surface area contributed by atoms with Crippen LogP contribution in [0.3, 0.4) is 0 Å². The van der Waals surface area contributed by atoms with E-state index in [1.165, 1.54) is 12.8 Å². The van der Waals surface area contributed by atoms with E-state index in [9.17, 15) is 4.79 Å². The number of hydrogen-bond donors (Lipinski definition) is 1. The fourth-order valence-electron chi connectivity index (χ4n) is 2.89. The largest absolute Gasteiger partial charge is 0.490 e. The molecule has 3 rings (SSSR count). The van der Waals surface area contributed by atoms with Crippen molar-refractivity contribution < 1.29 is 9.53 Å². The van der Waals surface area contributed by atoms with Gasteiger partial charge in [0, 0.05) is 24.7 Å². The van der Waals surface area contributed by atoms with Crippen LogP contribution in [0, 0.1) is 0 Å². The molecule has 1 heterocycles. The van der Waals surface area contributed by atoms with Gasteiger partial charge in [-0.1, -0.05) is 0 Å². The van der Waals surface area contributed by atoms with E-state index in [4.69, 9.17) is 10.5 Å². The maximum Gasteiger partial charge on any atom is 0.228 e. The highest BCUT2D eigenvalue weighted by atomic mass is 16.5. The average molecular weight is 260 g/mol. The number of amides is 1. The van der Waals surface area contributed by atoms with Gasteiger partial charge in [-0.15, -0.1) is 0 Å². The van der Waals surface area contributed by atoms with Gasteiger partial charge in [0.05, 0.1) is 6.10 Å². The quantitative estimate of drug-likeness (QED) is 0.905. The predicted octanol–water partition coefficient (Wildman–Crippen LogP) is 2.07. The molecule has 1 aliphatic heterocycles. The van der Waals surface area contributed by atoms with E-state index in [-0.39, 0.29) is 11.9 Å². The molecule has 0 bridgehead atoms. The number of hydrogen-bond acceptors (Lipinski definition) is 3. The lowest BCUT2D eigenvalue weighted by Crippen LogP contribution is -2.27. The van der Waals surface area contributed by atoms with Crippen LogP contribution in [-0.2, 0) is 4.79 Å². The number of rotatable bonds is 3. The minimum absolute atomic E-state index is 0.0399. The molecule has 19 heavy (non-hydrogen) atoms. The first-order valence-electron chi connectivity index (χ1n) is 7.05. The summed E-state index contributed by atoms with van der Waals surface area (Å²) in [6, 6.07) is 7.75. The van der Waals surface area contributed by atoms with Crippen molar-refractivity contribution in [3.05, 3.63) is 24.3 Å². The van der Waals surface area contributed by atoms with Gasteiger partial charge in [-0.05, 0) is 49.9 Å². The van der Waals surface area contributed by atoms with Gasteiger partial charge in [0.15, 0.2) is 0 Å². The van der Waals surface area contributed by atoms with E-state index in [2.05, 4.69) is 0 Å². The zero-order valence-electron chi connectivity index (χ0n) is 11.0. The van der Waals surface area contributed by atoms with E-state index in [1.807, 2.05) is 24.3 Å². The molecule has 2 fully saturated rings. The molecule has 4 heteroatoms. The second-order valence-electron chi connectivity index (χ2n) is 5.49. The number of nitrogens with zero attached hydrogens (tertiary/aromatic N) is 1. The van der Waals surface area contributed by atoms with Gasteiger partial charge in [0.2, 0.25) is 5.91 Å². The summed E-state index contributed by atoms with van der Waals surface area (Å²) in [4.78, 5) is 13.5. The topological polar surface area (TPSA) is 55.6 Å². The van der Waals surface area contributed by atoms with E-state index < -0.39 is 0 Å². The molecule has 0 spiro atoms. The van der Waals surface area contributed by atoms with Crippen molar-refractivity contribution in [2.75, 3.05) is 11.4 Å². The summed E-state index contributed by atoms with van der Waals surface area (Å²) in [5.41, 5.74) is 6.72. The van der Waals surface area contributed by atoms with E-state index in [0.717, 1.165) is 24.3 Å². The maximum atomic E-state index is 11.8. The molecule has 1 aromatic carbocycles. The number of carbonyl (C=O) groups is 1. The molecule has 1 atom stereocenters. The Hall–Kier alpha value is -1.55. The van der Waals surface area contributed by atoms with Crippen LogP contribution in [-0.4, -0.2) is 24.6 Å². The summed E-state index contributed by atoms with van der Waals surface area (Å²) in [7, 11) is 0. The maximum absolute atomic E-state index is 11.8. The highest BCUT2D eigenvalue weighted by Crippen LogP contribution is 2.27. The summed E-state index contributed by atoms with van der Waals surface area (Å²) in [5, 5.41) is 0. The lowest BCUT2D eigenvalue weighted by atomic mass is 10.2. The van der Waals surface area contributed by atoms with Gasteiger partial charge in [0.25, 0.3) is 0 Å². The molecule has 1 aliphatic carbocycles. The first kappa shape index (κ1) is 12.5. The first-order valence-corrected chi connectivity index (χ1v) is 7.05. The Kier molecular flexibility index (Phi) is 3.42. The third kappa shape index (κ3) is 2.73. The van der Waals surface area contributed by atoms with Crippen LogP contribution in [0.1, 0.15) is 32.1 Å². The van der Waals surface area contributed by atoms with Gasteiger partial charge in [-0.3, -0.25) is 4.79 Å². The van der Waals surface area contributed by atoms with Crippen LogP contribution >= 0.6 is 0 Å². The Morgan fingerprint density at radius 2 is 1.84 bits per heavy atom. The van der Waals surface area contributed by atoms with Crippen molar-refractivity contribution in [1.29, 1.82) is 0 Å². The molecule has 1 saturated carbocycles. The molecule has 0 aromatic heterocycles. The Labute approximate surface area is 113 Å². The van der Waals surface area contributed by atoms with Crippen molar-refractivity contribution in [2.45, 2.75) is 44.2 Å². The number of nitrogens with two attached hydrogens (primary N) is 1. The van der Waals surface area contributed by atoms with Crippen LogP contribution in [0.5, 0.6) is 5.75 Å². The fraction of sp³-hybridized carbons (Fsp3) is 0.533. The second-order valence-corrected chi connectivity index (χ2v) is 5.49. The summed E-state index contributed by atoms with van der Waals surface area (Å²) in [5.74, 6) is 1.00. The normalized spacial score (nSPS) is 24.2. The van der Waals surface area contributed by atoms with Crippen molar-refractivity contribution in [3.8, 4) is 5.75 Å². The molecule has 2 aliphatic rings. The van der Waals surface area contributed by atoms with Gasteiger partial charge in [0.1, 0.15) is 5.75 Å². The Morgan fingerprint density at radius 1 is 1.16 bits per heavy atom. The summed E-state index contributed by atoms with van der Waals surface area (Å²) < 4.78 is 5.91. The molecule has 1 aromatic rings. The van der Waals surface area contributed by atoms with Gasteiger partial charge in [-0.2, -0.15) is 0 Å². The number of ether oxygens (including phenoxy) is 1. The molecule has 102 valence electrons. The van der Waals surface area contributed by atoms with Gasteiger partial charge in [-0.25, -0.2) is 0 Å². The summed E-state index contributed by atoms with van der Waals surface area (Å²) in [6.07, 6.45) is 5.65. The van der Waals surface area contributed by atoms with E-state index in [1.54, 1.807) is 4.90 Å². The third-order valence-corrected chi connectivity index (χ3v) is 3.91. The minimum atomic E-state index is -0.0399. The van der Waals surface area contributed by atoms with Crippen molar-refractivity contribution in [3.63, 3.8) is 0 Å². The summed E-state index contributed by atoms with van der Waals surface area (Å²) >= 11 is 0. The Morgan fingerprint density at radius 3 is 2.42 bits per heavy atom. The van der Waals surface area contributed by atoms with E-state index in [0.29, 0.717) is 19.1 Å². The smallest absolute Gasteiger partial charge is 0.228 e. The molecule has 2 N–H and O–H groups in total. The van der Waals surface area contributed by atoms with Crippen LogP contribution in [0.4, 0.5) is 5.69 Å². The van der Waals surface area contributed by atoms with Gasteiger partial charge < -0.3 is 15.4 Å². The number of anilines is 1. The van der Waals surface area contributed by atoms with Crippen LogP contribution in [0.15, 0.2) is 24.3 Å². The number of benzene rings is 1. The Balaban J connectivity index is 1.66. The molecule has 4 nitrogen and oxygen atoms in total. The van der Waals surface area contributed by atoms with Gasteiger partial charge >= 0.3 is 0 Å². The predicted molar refractivity (Wildman–Crippen MR) is 74.3 cm³/mol. The minimum Gasteiger partial charge on any atom is -0.490 e. The van der Waals surface area contributed by atoms with Crippen molar-refractivity contribution in [2.24, 2.45) is 5.73 Å². The first-order chi connectivity index (χ1) is 9.22. The highest BCUT2D eigenvalue weighted by Gasteiger charge is 2.28. The molecule has 1 unspecified atom stereocenters. The second kappa shape index (κ2) is 5.21.